The third-order valence-electron chi connectivity index (χ3n) is 5.32. The maximum absolute atomic E-state index is 13.4. The maximum atomic E-state index is 13.4. The van der Waals surface area contributed by atoms with Gasteiger partial charge in [-0.05, 0) is 62.1 Å². The minimum absolute atomic E-state index is 0.0999. The molecule has 2 N–H and O–H groups in total. The minimum Gasteiger partial charge on any atom is -0.358 e. The molecule has 1 saturated carbocycles. The van der Waals surface area contributed by atoms with E-state index in [4.69, 9.17) is 0 Å². The summed E-state index contributed by atoms with van der Waals surface area (Å²) < 4.78 is 41.5. The molecule has 1 aliphatic rings. The Labute approximate surface area is 152 Å². The molecule has 0 radical (unpaired) electrons. The number of aryl methyl sites for hydroxylation is 2. The quantitative estimate of drug-likeness (QED) is 0.713. The number of nitrogens with one attached hydrogen (secondary N) is 2. The third-order valence-corrected chi connectivity index (χ3v) is 6.72. The Morgan fingerprint density at radius 1 is 1.15 bits per heavy atom. The average molecular weight is 372 g/mol. The Hall–Kier alpha value is -2.18. The number of aromatic nitrogens is 1. The highest BCUT2D eigenvalue weighted by Crippen LogP contribution is 2.51. The highest BCUT2D eigenvalue weighted by Gasteiger charge is 2.47. The molecule has 136 valence electrons. The van der Waals surface area contributed by atoms with Gasteiger partial charge < -0.3 is 4.98 Å². The lowest BCUT2D eigenvalue weighted by molar-refractivity contribution is 0.566. The fourth-order valence-electron chi connectivity index (χ4n) is 3.73. The summed E-state index contributed by atoms with van der Waals surface area (Å²) in [5, 5.41) is 1.15. The first-order valence-electron chi connectivity index (χ1n) is 8.66. The van der Waals surface area contributed by atoms with Crippen molar-refractivity contribution in [3.05, 3.63) is 65.1 Å². The van der Waals surface area contributed by atoms with Gasteiger partial charge in [0.1, 0.15) is 5.82 Å². The van der Waals surface area contributed by atoms with Crippen LogP contribution in [0.5, 0.6) is 0 Å². The molecule has 0 atom stereocenters. The first kappa shape index (κ1) is 17.2. The first-order chi connectivity index (χ1) is 12.3. The molecule has 0 amide bonds. The van der Waals surface area contributed by atoms with Crippen LogP contribution in [0.2, 0.25) is 0 Å². The summed E-state index contributed by atoms with van der Waals surface area (Å²) in [6.07, 6.45) is 1.89. The first-order valence-corrected chi connectivity index (χ1v) is 10.1. The molecule has 2 aromatic carbocycles. The molecule has 6 heteroatoms. The lowest BCUT2D eigenvalue weighted by Gasteiger charge is -2.17. The lowest BCUT2D eigenvalue weighted by atomic mass is 9.93. The number of fused-ring (bicyclic) bond motifs is 1. The molecule has 0 saturated heterocycles. The molecule has 1 aliphatic carbocycles. The SMILES string of the molecule is Cc1cc(S(=O)(=O)NCC2(c3c(C)[nH]c4ccccc34)CC2)ccc1F. The van der Waals surface area contributed by atoms with E-state index in [9.17, 15) is 12.8 Å². The fraction of sp³-hybridized carbons (Fsp3) is 0.300. The highest BCUT2D eigenvalue weighted by molar-refractivity contribution is 7.89. The summed E-state index contributed by atoms with van der Waals surface area (Å²) in [6.45, 7) is 3.94. The van der Waals surface area contributed by atoms with Crippen LogP contribution in [0.4, 0.5) is 4.39 Å². The molecule has 0 spiro atoms. The van der Waals surface area contributed by atoms with Crippen LogP contribution in [0.1, 0.15) is 29.7 Å². The van der Waals surface area contributed by atoms with Crippen molar-refractivity contribution in [2.24, 2.45) is 0 Å². The van der Waals surface area contributed by atoms with E-state index < -0.39 is 15.8 Å². The van der Waals surface area contributed by atoms with Crippen LogP contribution in [0, 0.1) is 19.7 Å². The third kappa shape index (κ3) is 2.83. The van der Waals surface area contributed by atoms with Gasteiger partial charge in [0.05, 0.1) is 4.90 Å². The molecule has 1 fully saturated rings. The molecule has 0 unspecified atom stereocenters. The number of aromatic amines is 1. The van der Waals surface area contributed by atoms with Crippen molar-refractivity contribution in [1.82, 2.24) is 9.71 Å². The smallest absolute Gasteiger partial charge is 0.240 e. The van der Waals surface area contributed by atoms with E-state index in [-0.39, 0.29) is 10.3 Å². The van der Waals surface area contributed by atoms with E-state index >= 15 is 0 Å². The number of hydrogen-bond donors (Lipinski definition) is 2. The van der Waals surface area contributed by atoms with Crippen LogP contribution in [0.3, 0.4) is 0 Å². The van der Waals surface area contributed by atoms with E-state index in [2.05, 4.69) is 15.8 Å². The average Bonchev–Trinajstić information content (AvgIpc) is 3.30. The van der Waals surface area contributed by atoms with Gasteiger partial charge in [0.15, 0.2) is 0 Å². The Morgan fingerprint density at radius 3 is 2.58 bits per heavy atom. The molecule has 0 bridgehead atoms. The van der Waals surface area contributed by atoms with E-state index in [1.807, 2.05) is 25.1 Å². The van der Waals surface area contributed by atoms with Crippen LogP contribution in [0.25, 0.3) is 10.9 Å². The summed E-state index contributed by atoms with van der Waals surface area (Å²) in [5.74, 6) is -0.406. The molecule has 3 aromatic rings. The van der Waals surface area contributed by atoms with Crippen molar-refractivity contribution < 1.29 is 12.8 Å². The fourth-order valence-corrected chi connectivity index (χ4v) is 4.94. The van der Waals surface area contributed by atoms with Gasteiger partial charge in [-0.15, -0.1) is 0 Å². The largest absolute Gasteiger partial charge is 0.358 e. The van der Waals surface area contributed by atoms with Crippen molar-refractivity contribution in [2.45, 2.75) is 37.0 Å². The van der Waals surface area contributed by atoms with Gasteiger partial charge in [0, 0.05) is 28.6 Å². The zero-order valence-electron chi connectivity index (χ0n) is 14.8. The summed E-state index contributed by atoms with van der Waals surface area (Å²) in [7, 11) is -3.68. The topological polar surface area (TPSA) is 62.0 Å². The predicted molar refractivity (Wildman–Crippen MR) is 100 cm³/mol. The van der Waals surface area contributed by atoms with Gasteiger partial charge in [-0.3, -0.25) is 0 Å². The van der Waals surface area contributed by atoms with Crippen molar-refractivity contribution in [3.63, 3.8) is 0 Å². The van der Waals surface area contributed by atoms with E-state index in [1.54, 1.807) is 6.92 Å². The lowest BCUT2D eigenvalue weighted by Crippen LogP contribution is -2.32. The second kappa shape index (κ2) is 5.93. The number of para-hydroxylation sites is 1. The van der Waals surface area contributed by atoms with Crippen molar-refractivity contribution in [1.29, 1.82) is 0 Å². The Balaban J connectivity index is 1.62. The van der Waals surface area contributed by atoms with Crippen molar-refractivity contribution >= 4 is 20.9 Å². The number of hydrogen-bond acceptors (Lipinski definition) is 2. The zero-order valence-corrected chi connectivity index (χ0v) is 15.6. The molecule has 1 heterocycles. The summed E-state index contributed by atoms with van der Waals surface area (Å²) in [6, 6.07) is 12.0. The van der Waals surface area contributed by atoms with Gasteiger partial charge in [-0.25, -0.2) is 17.5 Å². The number of sulfonamides is 1. The Kier molecular flexibility index (Phi) is 3.93. The van der Waals surface area contributed by atoms with Crippen LogP contribution in [-0.4, -0.2) is 19.9 Å². The second-order valence-electron chi connectivity index (χ2n) is 7.19. The molecular weight excluding hydrogens is 351 g/mol. The summed E-state index contributed by atoms with van der Waals surface area (Å²) in [5.41, 5.74) is 3.50. The van der Waals surface area contributed by atoms with E-state index in [0.29, 0.717) is 12.1 Å². The van der Waals surface area contributed by atoms with Crippen LogP contribution < -0.4 is 4.72 Å². The number of rotatable bonds is 5. The van der Waals surface area contributed by atoms with Crippen LogP contribution >= 0.6 is 0 Å². The molecule has 1 aromatic heterocycles. The number of H-pyrrole nitrogens is 1. The molecular formula is C20H21FN2O2S. The molecule has 26 heavy (non-hydrogen) atoms. The van der Waals surface area contributed by atoms with Crippen LogP contribution in [0.15, 0.2) is 47.4 Å². The van der Waals surface area contributed by atoms with E-state index in [1.165, 1.54) is 23.8 Å². The van der Waals surface area contributed by atoms with Crippen molar-refractivity contribution in [3.8, 4) is 0 Å². The zero-order chi connectivity index (χ0) is 18.5. The summed E-state index contributed by atoms with van der Waals surface area (Å²) >= 11 is 0. The van der Waals surface area contributed by atoms with Gasteiger partial charge in [-0.1, -0.05) is 18.2 Å². The minimum atomic E-state index is -3.68. The Morgan fingerprint density at radius 2 is 1.88 bits per heavy atom. The highest BCUT2D eigenvalue weighted by atomic mass is 32.2. The number of halogens is 1. The van der Waals surface area contributed by atoms with Gasteiger partial charge >= 0.3 is 0 Å². The molecule has 4 nitrogen and oxygen atoms in total. The normalized spacial score (nSPS) is 16.1. The van der Waals surface area contributed by atoms with Crippen molar-refractivity contribution in [2.75, 3.05) is 6.54 Å². The monoisotopic (exact) mass is 372 g/mol. The predicted octanol–water partition coefficient (Wildman–Crippen LogP) is 3.93. The second-order valence-corrected chi connectivity index (χ2v) is 8.95. The van der Waals surface area contributed by atoms with E-state index in [0.717, 1.165) is 29.4 Å². The summed E-state index contributed by atoms with van der Waals surface area (Å²) in [4.78, 5) is 3.50. The van der Waals surface area contributed by atoms with Gasteiger partial charge in [0.25, 0.3) is 0 Å². The van der Waals surface area contributed by atoms with Gasteiger partial charge in [-0.2, -0.15) is 0 Å². The standard InChI is InChI=1S/C20H21FN2O2S/c1-13-11-15(7-8-17(13)21)26(24,25)22-12-20(9-10-20)19-14(2)23-18-6-4-3-5-16(18)19/h3-8,11,22-23H,9-10,12H2,1-2H3. The van der Waals surface area contributed by atoms with Crippen LogP contribution in [-0.2, 0) is 15.4 Å². The molecule has 0 aliphatic heterocycles. The number of benzene rings is 2. The molecule has 4 rings (SSSR count). The van der Waals surface area contributed by atoms with Gasteiger partial charge in [0.2, 0.25) is 10.0 Å². The maximum Gasteiger partial charge on any atom is 0.240 e. The Bertz CT molecular complexity index is 1100.